The zero-order valence-electron chi connectivity index (χ0n) is 10.7. The second-order valence-electron chi connectivity index (χ2n) is 4.73. The van der Waals surface area contributed by atoms with Crippen LogP contribution in [0, 0.1) is 0 Å². The average molecular weight is 243 g/mol. The van der Waals surface area contributed by atoms with E-state index < -0.39 is 5.97 Å². The van der Waals surface area contributed by atoms with Gasteiger partial charge in [-0.3, -0.25) is 14.5 Å². The highest BCUT2D eigenvalue weighted by atomic mass is 16.4. The predicted octanol–water partition coefficient (Wildman–Crippen LogP) is -0.835. The zero-order valence-corrected chi connectivity index (χ0v) is 10.7. The molecule has 0 radical (unpaired) electrons. The molecule has 0 aromatic heterocycles. The SMILES string of the molecule is CN(C)CCN(CC(=O)O)C1CCN(C)C1=O. The number of aliphatic carboxylic acids is 1. The summed E-state index contributed by atoms with van der Waals surface area (Å²) in [6, 6.07) is -0.268. The fourth-order valence-electron chi connectivity index (χ4n) is 1.99. The van der Waals surface area contributed by atoms with Crippen LogP contribution in [0.25, 0.3) is 0 Å². The van der Waals surface area contributed by atoms with Crippen molar-refractivity contribution in [2.75, 3.05) is 47.3 Å². The first-order chi connectivity index (χ1) is 7.91. The van der Waals surface area contributed by atoms with Crippen LogP contribution in [-0.4, -0.2) is 85.0 Å². The lowest BCUT2D eigenvalue weighted by Gasteiger charge is -2.27. The van der Waals surface area contributed by atoms with Crippen molar-refractivity contribution in [2.45, 2.75) is 12.5 Å². The molecule has 1 saturated heterocycles. The molecule has 0 aliphatic carbocycles. The van der Waals surface area contributed by atoms with Crippen LogP contribution >= 0.6 is 0 Å². The number of likely N-dealkylation sites (N-methyl/N-ethyl adjacent to an activating group) is 2. The van der Waals surface area contributed by atoms with Gasteiger partial charge in [0.05, 0.1) is 12.6 Å². The normalized spacial score (nSPS) is 20.6. The molecule has 0 spiro atoms. The topological polar surface area (TPSA) is 64.1 Å². The molecular weight excluding hydrogens is 222 g/mol. The number of hydrogen-bond acceptors (Lipinski definition) is 4. The van der Waals surface area contributed by atoms with Crippen LogP contribution in [0.2, 0.25) is 0 Å². The van der Waals surface area contributed by atoms with E-state index in [-0.39, 0.29) is 18.5 Å². The number of carbonyl (C=O) groups excluding carboxylic acids is 1. The van der Waals surface area contributed by atoms with Crippen LogP contribution in [0.3, 0.4) is 0 Å². The molecule has 1 unspecified atom stereocenters. The summed E-state index contributed by atoms with van der Waals surface area (Å²) in [4.78, 5) is 28.1. The standard InChI is InChI=1S/C11H21N3O3/c1-12(2)6-7-14(8-10(15)16)9-4-5-13(3)11(9)17/h9H,4-8H2,1-3H3,(H,15,16). The fraction of sp³-hybridized carbons (Fsp3) is 0.818. The van der Waals surface area contributed by atoms with Gasteiger partial charge in [-0.15, -0.1) is 0 Å². The molecule has 0 aromatic rings. The van der Waals surface area contributed by atoms with E-state index in [9.17, 15) is 9.59 Å². The van der Waals surface area contributed by atoms with Crippen LogP contribution in [-0.2, 0) is 9.59 Å². The van der Waals surface area contributed by atoms with E-state index in [1.165, 1.54) is 0 Å². The summed E-state index contributed by atoms with van der Waals surface area (Å²) in [5, 5.41) is 8.88. The van der Waals surface area contributed by atoms with Crippen molar-refractivity contribution in [1.29, 1.82) is 0 Å². The Morgan fingerprint density at radius 2 is 2.12 bits per heavy atom. The summed E-state index contributed by atoms with van der Waals surface area (Å²) >= 11 is 0. The quantitative estimate of drug-likeness (QED) is 0.659. The Balaban J connectivity index is 2.62. The summed E-state index contributed by atoms with van der Waals surface area (Å²) in [5.74, 6) is -0.851. The second-order valence-corrected chi connectivity index (χ2v) is 4.73. The number of carbonyl (C=O) groups is 2. The predicted molar refractivity (Wildman–Crippen MR) is 63.8 cm³/mol. The van der Waals surface area contributed by atoms with Crippen LogP contribution in [0.4, 0.5) is 0 Å². The summed E-state index contributed by atoms with van der Waals surface area (Å²) in [6.07, 6.45) is 0.718. The summed E-state index contributed by atoms with van der Waals surface area (Å²) < 4.78 is 0. The highest BCUT2D eigenvalue weighted by Crippen LogP contribution is 2.15. The van der Waals surface area contributed by atoms with Gasteiger partial charge in [0.25, 0.3) is 0 Å². The molecule has 17 heavy (non-hydrogen) atoms. The van der Waals surface area contributed by atoms with Crippen molar-refractivity contribution in [3.05, 3.63) is 0 Å². The van der Waals surface area contributed by atoms with Gasteiger partial charge < -0.3 is 14.9 Å². The van der Waals surface area contributed by atoms with Crippen LogP contribution in [0.1, 0.15) is 6.42 Å². The maximum Gasteiger partial charge on any atom is 0.317 e. The van der Waals surface area contributed by atoms with Gasteiger partial charge in [0.15, 0.2) is 0 Å². The molecule has 6 heteroatoms. The molecule has 1 amide bonds. The summed E-state index contributed by atoms with van der Waals surface area (Å²) in [7, 11) is 5.62. The monoisotopic (exact) mass is 243 g/mol. The van der Waals surface area contributed by atoms with E-state index in [0.717, 1.165) is 13.0 Å². The van der Waals surface area contributed by atoms with E-state index in [1.54, 1.807) is 16.8 Å². The van der Waals surface area contributed by atoms with Gasteiger partial charge in [-0.1, -0.05) is 0 Å². The molecule has 1 heterocycles. The third-order valence-electron chi connectivity index (χ3n) is 3.01. The number of nitrogens with zero attached hydrogens (tertiary/aromatic N) is 3. The third-order valence-corrected chi connectivity index (χ3v) is 3.01. The molecule has 98 valence electrons. The van der Waals surface area contributed by atoms with E-state index in [4.69, 9.17) is 5.11 Å². The Bertz CT molecular complexity index is 294. The zero-order chi connectivity index (χ0) is 13.0. The lowest BCUT2D eigenvalue weighted by Crippen LogP contribution is -2.46. The molecule has 6 nitrogen and oxygen atoms in total. The van der Waals surface area contributed by atoms with Gasteiger partial charge in [0, 0.05) is 26.7 Å². The Hall–Kier alpha value is -1.14. The molecule has 0 bridgehead atoms. The van der Waals surface area contributed by atoms with Crippen molar-refractivity contribution in [1.82, 2.24) is 14.7 Å². The first-order valence-electron chi connectivity index (χ1n) is 5.77. The van der Waals surface area contributed by atoms with Gasteiger partial charge in [-0.2, -0.15) is 0 Å². The molecule has 1 atom stereocenters. The third kappa shape index (κ3) is 3.98. The Morgan fingerprint density at radius 3 is 2.53 bits per heavy atom. The van der Waals surface area contributed by atoms with E-state index in [2.05, 4.69) is 0 Å². The number of carboxylic acids is 1. The number of amides is 1. The van der Waals surface area contributed by atoms with Gasteiger partial charge >= 0.3 is 5.97 Å². The number of hydrogen-bond donors (Lipinski definition) is 1. The number of rotatable bonds is 6. The van der Waals surface area contributed by atoms with Crippen LogP contribution in [0.5, 0.6) is 0 Å². The van der Waals surface area contributed by atoms with E-state index in [0.29, 0.717) is 13.1 Å². The second kappa shape index (κ2) is 5.97. The molecule has 1 aliphatic rings. The Kier molecular flexibility index (Phi) is 4.89. The highest BCUT2D eigenvalue weighted by Gasteiger charge is 2.34. The maximum atomic E-state index is 11.9. The van der Waals surface area contributed by atoms with Gasteiger partial charge in [-0.25, -0.2) is 0 Å². The van der Waals surface area contributed by atoms with Gasteiger partial charge in [-0.05, 0) is 20.5 Å². The molecule has 1 aliphatic heterocycles. The van der Waals surface area contributed by atoms with E-state index >= 15 is 0 Å². The molecule has 1 rings (SSSR count). The number of carboxylic acid groups (broad SMARTS) is 1. The number of likely N-dealkylation sites (tertiary alicyclic amines) is 1. The van der Waals surface area contributed by atoms with E-state index in [1.807, 2.05) is 19.0 Å². The van der Waals surface area contributed by atoms with Crippen LogP contribution < -0.4 is 0 Å². The van der Waals surface area contributed by atoms with Crippen molar-refractivity contribution >= 4 is 11.9 Å². The van der Waals surface area contributed by atoms with Gasteiger partial charge in [0.2, 0.25) is 5.91 Å². The molecule has 0 saturated carbocycles. The fourth-order valence-corrected chi connectivity index (χ4v) is 1.99. The first kappa shape index (κ1) is 13.9. The lowest BCUT2D eigenvalue weighted by molar-refractivity contribution is -0.140. The van der Waals surface area contributed by atoms with Crippen molar-refractivity contribution in [3.8, 4) is 0 Å². The molecule has 0 aromatic carbocycles. The average Bonchev–Trinajstić information content (AvgIpc) is 2.54. The summed E-state index contributed by atoms with van der Waals surface area (Å²) in [5.41, 5.74) is 0. The van der Waals surface area contributed by atoms with Crippen LogP contribution in [0.15, 0.2) is 0 Å². The molecule has 1 N–H and O–H groups in total. The molecular formula is C11H21N3O3. The minimum absolute atomic E-state index is 0.0324. The highest BCUT2D eigenvalue weighted by molar-refractivity contribution is 5.84. The van der Waals surface area contributed by atoms with Gasteiger partial charge in [0.1, 0.15) is 0 Å². The van der Waals surface area contributed by atoms with Crippen molar-refractivity contribution < 1.29 is 14.7 Å². The maximum absolute atomic E-state index is 11.9. The summed E-state index contributed by atoms with van der Waals surface area (Å²) in [6.45, 7) is 1.99. The lowest BCUT2D eigenvalue weighted by atomic mass is 10.2. The van der Waals surface area contributed by atoms with Crippen molar-refractivity contribution in [3.63, 3.8) is 0 Å². The molecule has 1 fully saturated rings. The largest absolute Gasteiger partial charge is 0.480 e. The van der Waals surface area contributed by atoms with Crippen molar-refractivity contribution in [2.24, 2.45) is 0 Å². The minimum atomic E-state index is -0.883. The minimum Gasteiger partial charge on any atom is -0.480 e. The first-order valence-corrected chi connectivity index (χ1v) is 5.77. The smallest absolute Gasteiger partial charge is 0.317 e. The Morgan fingerprint density at radius 1 is 1.47 bits per heavy atom. The Labute approximate surface area is 102 Å².